The van der Waals surface area contributed by atoms with E-state index in [1.807, 2.05) is 25.8 Å². The van der Waals surface area contributed by atoms with E-state index in [1.165, 1.54) is 44.7 Å². The molecule has 0 bridgehead atoms. The van der Waals surface area contributed by atoms with E-state index in [2.05, 4.69) is 36.6 Å². The zero-order chi connectivity index (χ0) is 13.8. The molecular weight excluding hydrogens is 240 g/mol. The quantitative estimate of drug-likeness (QED) is 0.716. The Morgan fingerprint density at radius 1 is 1.17 bits per heavy atom. The van der Waals surface area contributed by atoms with Crippen molar-refractivity contribution in [1.82, 2.24) is 9.21 Å². The maximum absolute atomic E-state index is 4.02. The highest BCUT2D eigenvalue weighted by molar-refractivity contribution is 7.97. The third kappa shape index (κ3) is 3.92. The van der Waals surface area contributed by atoms with E-state index in [1.54, 1.807) is 0 Å². The maximum Gasteiger partial charge on any atom is 0.0249 e. The average Bonchev–Trinajstić information content (AvgIpc) is 2.29. The molecule has 106 valence electrons. The summed E-state index contributed by atoms with van der Waals surface area (Å²) in [5.41, 5.74) is 1.87. The second kappa shape index (κ2) is 6.85. The fraction of sp³-hybridized carbons (Fsp3) is 0.867. The summed E-state index contributed by atoms with van der Waals surface area (Å²) in [4.78, 5) is 2.42. The Balaban J connectivity index is 0.000000771. The van der Waals surface area contributed by atoms with Gasteiger partial charge in [0.05, 0.1) is 0 Å². The summed E-state index contributed by atoms with van der Waals surface area (Å²) in [5, 5.41) is 0.724. The van der Waals surface area contributed by atoms with Gasteiger partial charge in [0, 0.05) is 42.5 Å². The lowest BCUT2D eigenvalue weighted by Gasteiger charge is -2.55. The average molecular weight is 270 g/mol. The summed E-state index contributed by atoms with van der Waals surface area (Å²) < 4.78 is 2.55. The zero-order valence-electron chi connectivity index (χ0n) is 12.8. The highest BCUT2D eigenvalue weighted by Gasteiger charge is 2.44. The van der Waals surface area contributed by atoms with E-state index >= 15 is 0 Å². The molecule has 2 heterocycles. The third-order valence-corrected chi connectivity index (χ3v) is 4.82. The van der Waals surface area contributed by atoms with Gasteiger partial charge in [-0.25, -0.2) is 0 Å². The van der Waals surface area contributed by atoms with Crippen LogP contribution in [0, 0.1) is 5.41 Å². The topological polar surface area (TPSA) is 6.48 Å². The van der Waals surface area contributed by atoms with Gasteiger partial charge in [-0.3, -0.25) is 4.31 Å². The number of hydrogen-bond donors (Lipinski definition) is 0. The predicted molar refractivity (Wildman–Crippen MR) is 83.7 cm³/mol. The molecule has 0 radical (unpaired) electrons. The van der Waals surface area contributed by atoms with E-state index in [4.69, 9.17) is 0 Å². The van der Waals surface area contributed by atoms with Crippen molar-refractivity contribution < 1.29 is 0 Å². The minimum Gasteiger partial charge on any atom is -0.374 e. The third-order valence-electron chi connectivity index (χ3n) is 3.74. The summed E-state index contributed by atoms with van der Waals surface area (Å²) in [6.45, 7) is 19.7. The van der Waals surface area contributed by atoms with Crippen LogP contribution < -0.4 is 0 Å². The van der Waals surface area contributed by atoms with Crippen molar-refractivity contribution in [2.45, 2.75) is 52.7 Å². The summed E-state index contributed by atoms with van der Waals surface area (Å²) in [6, 6.07) is 0. The van der Waals surface area contributed by atoms with Crippen LogP contribution in [0.15, 0.2) is 12.3 Å². The number of rotatable bonds is 3. The second-order valence-electron chi connectivity index (χ2n) is 5.67. The molecular formula is C15H30N2S. The molecule has 0 saturated carbocycles. The molecule has 2 aliphatic rings. The van der Waals surface area contributed by atoms with Gasteiger partial charge in [-0.15, -0.1) is 0 Å². The Bertz CT molecular complexity index is 260. The molecule has 0 aromatic rings. The lowest BCUT2D eigenvalue weighted by molar-refractivity contribution is -0.00990. The first kappa shape index (κ1) is 15.9. The van der Waals surface area contributed by atoms with Gasteiger partial charge in [0.15, 0.2) is 0 Å². The summed E-state index contributed by atoms with van der Waals surface area (Å²) in [7, 11) is 0. The van der Waals surface area contributed by atoms with Crippen molar-refractivity contribution in [3.05, 3.63) is 12.3 Å². The van der Waals surface area contributed by atoms with Gasteiger partial charge in [0.1, 0.15) is 0 Å². The Morgan fingerprint density at radius 3 is 2.06 bits per heavy atom. The van der Waals surface area contributed by atoms with E-state index in [-0.39, 0.29) is 0 Å². The standard InChI is InChI=1S/C13H24N2S.C2H6/c1-11(2)14-9-13(10-14)5-7-15(8-6-13)16-12(3)4;1-2/h12H,1,5-10H2,2-4H3;1-2H3. The van der Waals surface area contributed by atoms with Crippen LogP contribution in [0.3, 0.4) is 0 Å². The normalized spacial score (nSPS) is 22.4. The predicted octanol–water partition coefficient (Wildman–Crippen LogP) is 4.00. The van der Waals surface area contributed by atoms with Gasteiger partial charge in [-0.05, 0) is 19.8 Å². The fourth-order valence-corrected chi connectivity index (χ4v) is 3.70. The van der Waals surface area contributed by atoms with Crippen molar-refractivity contribution in [1.29, 1.82) is 0 Å². The Kier molecular flexibility index (Phi) is 6.06. The Labute approximate surface area is 118 Å². The smallest absolute Gasteiger partial charge is 0.0249 e. The van der Waals surface area contributed by atoms with Crippen molar-refractivity contribution in [2.24, 2.45) is 5.41 Å². The summed E-state index contributed by atoms with van der Waals surface area (Å²) in [6.07, 6.45) is 2.74. The van der Waals surface area contributed by atoms with E-state index in [9.17, 15) is 0 Å². The first-order valence-electron chi connectivity index (χ1n) is 7.33. The lowest BCUT2D eigenvalue weighted by Crippen LogP contribution is -2.58. The number of likely N-dealkylation sites (tertiary alicyclic amines) is 1. The molecule has 0 aromatic carbocycles. The van der Waals surface area contributed by atoms with Crippen LogP contribution in [0.4, 0.5) is 0 Å². The number of piperidine rings is 1. The number of allylic oxidation sites excluding steroid dienone is 1. The van der Waals surface area contributed by atoms with Crippen molar-refractivity contribution in [2.75, 3.05) is 26.2 Å². The minimum absolute atomic E-state index is 0.632. The molecule has 0 atom stereocenters. The van der Waals surface area contributed by atoms with Gasteiger partial charge >= 0.3 is 0 Å². The molecule has 0 N–H and O–H groups in total. The molecule has 0 aromatic heterocycles. The summed E-state index contributed by atoms with van der Waals surface area (Å²) >= 11 is 2.02. The molecule has 18 heavy (non-hydrogen) atoms. The molecule has 2 saturated heterocycles. The van der Waals surface area contributed by atoms with Gasteiger partial charge in [-0.2, -0.15) is 0 Å². The number of nitrogens with zero attached hydrogens (tertiary/aromatic N) is 2. The van der Waals surface area contributed by atoms with Crippen LogP contribution in [0.1, 0.15) is 47.5 Å². The van der Waals surface area contributed by atoms with Gasteiger partial charge < -0.3 is 4.90 Å². The van der Waals surface area contributed by atoms with E-state index in [0.29, 0.717) is 5.41 Å². The van der Waals surface area contributed by atoms with Crippen LogP contribution >= 0.6 is 11.9 Å². The zero-order valence-corrected chi connectivity index (χ0v) is 13.6. The Morgan fingerprint density at radius 2 is 1.67 bits per heavy atom. The van der Waals surface area contributed by atoms with Crippen LogP contribution in [-0.4, -0.2) is 40.6 Å². The van der Waals surface area contributed by atoms with E-state index in [0.717, 1.165) is 5.25 Å². The first-order valence-corrected chi connectivity index (χ1v) is 8.17. The van der Waals surface area contributed by atoms with Gasteiger partial charge in [0.25, 0.3) is 0 Å². The van der Waals surface area contributed by atoms with Crippen LogP contribution in [0.25, 0.3) is 0 Å². The van der Waals surface area contributed by atoms with Crippen LogP contribution in [0.5, 0.6) is 0 Å². The van der Waals surface area contributed by atoms with Gasteiger partial charge in [0.2, 0.25) is 0 Å². The van der Waals surface area contributed by atoms with Crippen LogP contribution in [-0.2, 0) is 0 Å². The molecule has 2 fully saturated rings. The SMILES string of the molecule is C=C(C)N1CC2(CCN(SC(C)C)CC2)C1.CC. The van der Waals surface area contributed by atoms with Crippen molar-refractivity contribution >= 4 is 11.9 Å². The Hall–Kier alpha value is -0.150. The maximum atomic E-state index is 4.02. The lowest BCUT2D eigenvalue weighted by atomic mass is 9.72. The molecule has 0 aliphatic carbocycles. The molecule has 2 nitrogen and oxygen atoms in total. The van der Waals surface area contributed by atoms with Gasteiger partial charge in [-0.1, -0.05) is 46.2 Å². The molecule has 0 amide bonds. The highest BCUT2D eigenvalue weighted by atomic mass is 32.2. The molecule has 0 unspecified atom stereocenters. The first-order chi connectivity index (χ1) is 8.51. The fourth-order valence-electron chi connectivity index (χ4n) is 2.71. The second-order valence-corrected chi connectivity index (χ2v) is 7.34. The summed E-state index contributed by atoms with van der Waals surface area (Å²) in [5.74, 6) is 0. The monoisotopic (exact) mass is 270 g/mol. The molecule has 3 heteroatoms. The van der Waals surface area contributed by atoms with Crippen molar-refractivity contribution in [3.63, 3.8) is 0 Å². The molecule has 1 spiro atoms. The number of hydrogen-bond acceptors (Lipinski definition) is 3. The van der Waals surface area contributed by atoms with E-state index < -0.39 is 0 Å². The highest BCUT2D eigenvalue weighted by Crippen LogP contribution is 2.43. The molecule has 2 aliphatic heterocycles. The largest absolute Gasteiger partial charge is 0.374 e. The van der Waals surface area contributed by atoms with Crippen LogP contribution in [0.2, 0.25) is 0 Å². The minimum atomic E-state index is 0.632. The van der Waals surface area contributed by atoms with Crippen molar-refractivity contribution in [3.8, 4) is 0 Å². The molecule has 2 rings (SSSR count).